The number of anilines is 1. The summed E-state index contributed by atoms with van der Waals surface area (Å²) >= 11 is 1.36. The van der Waals surface area contributed by atoms with Gasteiger partial charge in [-0.25, -0.2) is 0 Å². The fourth-order valence-electron chi connectivity index (χ4n) is 3.86. The van der Waals surface area contributed by atoms with Crippen LogP contribution in [0.3, 0.4) is 0 Å². The van der Waals surface area contributed by atoms with Crippen LogP contribution in [0.4, 0.5) is 5.69 Å². The van der Waals surface area contributed by atoms with Crippen LogP contribution in [0, 0.1) is 10.8 Å². The molecule has 0 saturated heterocycles. The summed E-state index contributed by atoms with van der Waals surface area (Å²) in [5, 5.41) is 13.4. The Morgan fingerprint density at radius 1 is 1.27 bits per heavy atom. The molecule has 0 bridgehead atoms. The van der Waals surface area contributed by atoms with E-state index in [0.29, 0.717) is 18.5 Å². The Bertz CT molecular complexity index is 771. The normalized spacial score (nSPS) is 21.1. The molecule has 22 heavy (non-hydrogen) atoms. The van der Waals surface area contributed by atoms with Crippen molar-refractivity contribution in [3.8, 4) is 0 Å². The lowest BCUT2D eigenvalue weighted by Crippen LogP contribution is -2.59. The van der Waals surface area contributed by atoms with E-state index in [9.17, 15) is 14.7 Å². The first kappa shape index (κ1) is 13.7. The van der Waals surface area contributed by atoms with Crippen molar-refractivity contribution in [1.82, 2.24) is 4.37 Å². The van der Waals surface area contributed by atoms with Crippen LogP contribution >= 0.6 is 11.5 Å². The zero-order chi connectivity index (χ0) is 15.4. The first-order chi connectivity index (χ1) is 10.5. The minimum absolute atomic E-state index is 0.122. The summed E-state index contributed by atoms with van der Waals surface area (Å²) in [6, 6.07) is 5.52. The number of amides is 1. The zero-order valence-electron chi connectivity index (χ0n) is 12.0. The van der Waals surface area contributed by atoms with Gasteiger partial charge in [-0.05, 0) is 60.8 Å². The van der Waals surface area contributed by atoms with Crippen molar-refractivity contribution < 1.29 is 14.7 Å². The average molecular weight is 316 g/mol. The molecule has 2 N–H and O–H groups in total. The number of benzene rings is 1. The molecule has 2 aliphatic rings. The molecule has 1 amide bonds. The lowest BCUT2D eigenvalue weighted by molar-refractivity contribution is -0.178. The zero-order valence-corrected chi connectivity index (χ0v) is 12.8. The molecule has 0 aliphatic heterocycles. The summed E-state index contributed by atoms with van der Waals surface area (Å²) < 4.78 is 5.08. The highest BCUT2D eigenvalue weighted by atomic mass is 32.1. The summed E-state index contributed by atoms with van der Waals surface area (Å²) in [4.78, 5) is 24.2. The molecule has 2 fully saturated rings. The van der Waals surface area contributed by atoms with Crippen LogP contribution in [0.1, 0.15) is 32.1 Å². The monoisotopic (exact) mass is 316 g/mol. The number of rotatable bonds is 3. The van der Waals surface area contributed by atoms with Gasteiger partial charge < -0.3 is 10.4 Å². The molecule has 0 atom stereocenters. The quantitative estimate of drug-likeness (QED) is 0.852. The number of aliphatic carboxylic acids is 1. The molecule has 114 valence electrons. The van der Waals surface area contributed by atoms with Gasteiger partial charge in [0.2, 0.25) is 5.91 Å². The second-order valence-electron chi connectivity index (χ2n) is 6.63. The van der Waals surface area contributed by atoms with Gasteiger partial charge in [-0.15, -0.1) is 0 Å². The van der Waals surface area contributed by atoms with E-state index in [1.165, 1.54) is 11.5 Å². The fraction of sp³-hybridized carbons (Fsp3) is 0.438. The van der Waals surface area contributed by atoms with Gasteiger partial charge >= 0.3 is 5.97 Å². The van der Waals surface area contributed by atoms with Crippen LogP contribution in [-0.2, 0) is 9.59 Å². The summed E-state index contributed by atoms with van der Waals surface area (Å²) in [5.74, 6) is -1.39. The second-order valence-corrected chi connectivity index (χ2v) is 7.46. The molecular formula is C16H16N2O3S. The van der Waals surface area contributed by atoms with Crippen LogP contribution in [0.25, 0.3) is 10.1 Å². The number of fused-ring (bicyclic) bond motifs is 1. The fourth-order valence-corrected chi connectivity index (χ4v) is 4.54. The molecule has 4 rings (SSSR count). The molecule has 1 aromatic heterocycles. The van der Waals surface area contributed by atoms with Crippen LogP contribution in [0.15, 0.2) is 24.4 Å². The Kier molecular flexibility index (Phi) is 2.81. The number of nitrogens with zero attached hydrogens (tertiary/aromatic N) is 1. The number of carboxylic acid groups (broad SMARTS) is 1. The van der Waals surface area contributed by atoms with Gasteiger partial charge in [-0.1, -0.05) is 6.42 Å². The largest absolute Gasteiger partial charge is 0.480 e. The van der Waals surface area contributed by atoms with Gasteiger partial charge in [0.25, 0.3) is 0 Å². The third kappa shape index (κ3) is 1.86. The first-order valence-corrected chi connectivity index (χ1v) is 8.20. The molecule has 2 saturated carbocycles. The smallest absolute Gasteiger partial charge is 0.319 e. The minimum Gasteiger partial charge on any atom is -0.480 e. The Morgan fingerprint density at radius 2 is 2.05 bits per heavy atom. The van der Waals surface area contributed by atoms with Crippen molar-refractivity contribution in [2.24, 2.45) is 10.8 Å². The predicted molar refractivity (Wildman–Crippen MR) is 83.8 cm³/mol. The number of hydrogen-bond donors (Lipinski definition) is 2. The Balaban J connectivity index is 1.56. The highest BCUT2D eigenvalue weighted by molar-refractivity contribution is 7.13. The third-order valence-corrected chi connectivity index (χ3v) is 5.99. The van der Waals surface area contributed by atoms with Gasteiger partial charge in [0.1, 0.15) is 5.41 Å². The van der Waals surface area contributed by atoms with Crippen molar-refractivity contribution in [2.75, 3.05) is 5.32 Å². The highest BCUT2D eigenvalue weighted by Crippen LogP contribution is 2.64. The average Bonchev–Trinajstić information content (AvgIpc) is 2.82. The molecule has 1 heterocycles. The van der Waals surface area contributed by atoms with Crippen LogP contribution in [0.2, 0.25) is 0 Å². The maximum absolute atomic E-state index is 12.6. The van der Waals surface area contributed by atoms with Crippen molar-refractivity contribution in [3.05, 3.63) is 24.4 Å². The lowest BCUT2D eigenvalue weighted by atomic mass is 9.45. The number of hydrogen-bond acceptors (Lipinski definition) is 4. The van der Waals surface area contributed by atoms with Gasteiger partial charge in [0.05, 0.1) is 4.70 Å². The number of carboxylic acids is 1. The summed E-state index contributed by atoms with van der Waals surface area (Å²) in [6.07, 6.45) is 5.99. The van der Waals surface area contributed by atoms with E-state index >= 15 is 0 Å². The highest BCUT2D eigenvalue weighted by Gasteiger charge is 2.64. The molecule has 5 nitrogen and oxygen atoms in total. The molecule has 0 radical (unpaired) electrons. The number of carbonyl (C=O) groups is 2. The van der Waals surface area contributed by atoms with Crippen molar-refractivity contribution >= 4 is 39.2 Å². The van der Waals surface area contributed by atoms with E-state index in [2.05, 4.69) is 9.69 Å². The molecule has 2 aromatic rings. The molecule has 1 aromatic carbocycles. The topological polar surface area (TPSA) is 79.3 Å². The molecule has 2 aliphatic carbocycles. The van der Waals surface area contributed by atoms with Crippen molar-refractivity contribution in [2.45, 2.75) is 32.1 Å². The van der Waals surface area contributed by atoms with Crippen LogP contribution < -0.4 is 5.32 Å². The van der Waals surface area contributed by atoms with Crippen LogP contribution in [-0.4, -0.2) is 21.4 Å². The van der Waals surface area contributed by atoms with E-state index in [4.69, 9.17) is 0 Å². The van der Waals surface area contributed by atoms with Gasteiger partial charge in [0, 0.05) is 17.3 Å². The maximum Gasteiger partial charge on any atom is 0.319 e. The number of carbonyl (C=O) groups excluding carboxylic acids is 1. The molecular weight excluding hydrogens is 300 g/mol. The first-order valence-electron chi connectivity index (χ1n) is 7.42. The maximum atomic E-state index is 12.6. The van der Waals surface area contributed by atoms with E-state index < -0.39 is 11.4 Å². The Hall–Kier alpha value is -1.95. The van der Waals surface area contributed by atoms with E-state index in [1.54, 1.807) is 12.3 Å². The van der Waals surface area contributed by atoms with Crippen molar-refractivity contribution in [3.63, 3.8) is 0 Å². The van der Waals surface area contributed by atoms with Gasteiger partial charge in [0.15, 0.2) is 0 Å². The summed E-state index contributed by atoms with van der Waals surface area (Å²) in [7, 11) is 0. The van der Waals surface area contributed by atoms with E-state index in [0.717, 1.165) is 29.3 Å². The summed E-state index contributed by atoms with van der Waals surface area (Å²) in [5.41, 5.74) is -0.489. The van der Waals surface area contributed by atoms with E-state index in [-0.39, 0.29) is 11.3 Å². The second kappa shape index (κ2) is 4.52. The number of nitrogens with one attached hydrogen (secondary N) is 1. The minimum atomic E-state index is -1.25. The molecule has 6 heteroatoms. The molecule has 0 unspecified atom stereocenters. The Labute approximate surface area is 131 Å². The van der Waals surface area contributed by atoms with Crippen molar-refractivity contribution in [1.29, 1.82) is 0 Å². The SMILES string of the molecule is O=C(O)C1(C(=O)Nc2ccc3cnsc3c2)CC2(CCC2)C1. The molecule has 1 spiro atoms. The Morgan fingerprint density at radius 3 is 2.68 bits per heavy atom. The van der Waals surface area contributed by atoms with Gasteiger partial charge in [-0.2, -0.15) is 4.37 Å². The predicted octanol–water partition coefficient (Wildman–Crippen LogP) is 3.27. The third-order valence-electron chi connectivity index (χ3n) is 5.23. The lowest BCUT2D eigenvalue weighted by Gasteiger charge is -2.58. The number of aromatic nitrogens is 1. The van der Waals surface area contributed by atoms with E-state index in [1.807, 2.05) is 12.1 Å². The summed E-state index contributed by atoms with van der Waals surface area (Å²) in [6.45, 7) is 0. The van der Waals surface area contributed by atoms with Gasteiger partial charge in [-0.3, -0.25) is 9.59 Å². The van der Waals surface area contributed by atoms with Crippen LogP contribution in [0.5, 0.6) is 0 Å². The standard InChI is InChI=1S/C16H16N2O3S/c19-13(16(14(20)21)8-15(9-16)4-1-5-15)18-11-3-2-10-7-17-22-12(10)6-11/h2-3,6-7H,1,4-5,8-9H2,(H,18,19)(H,20,21).